The summed E-state index contributed by atoms with van der Waals surface area (Å²) in [7, 11) is 1.31. The van der Waals surface area contributed by atoms with E-state index in [4.69, 9.17) is 15.9 Å². The van der Waals surface area contributed by atoms with Crippen molar-refractivity contribution in [1.82, 2.24) is 14.5 Å². The molecule has 3 aromatic rings. The number of pyridine rings is 1. The van der Waals surface area contributed by atoms with Gasteiger partial charge in [0.15, 0.2) is 6.73 Å². The summed E-state index contributed by atoms with van der Waals surface area (Å²) in [5.41, 5.74) is 2.71. The zero-order valence-electron chi connectivity index (χ0n) is 21.7. The normalized spacial score (nSPS) is 14.6. The minimum atomic E-state index is -0.680. The number of hydrogen-bond donors (Lipinski definition) is 0. The summed E-state index contributed by atoms with van der Waals surface area (Å²) in [5, 5.41) is 0.447. The van der Waals surface area contributed by atoms with Gasteiger partial charge in [0.1, 0.15) is 11.5 Å². The number of aromatic nitrogens is 3. The van der Waals surface area contributed by atoms with Crippen molar-refractivity contribution in [2.45, 2.75) is 53.3 Å². The molecule has 0 radical (unpaired) electrons. The first-order valence-corrected chi connectivity index (χ1v) is 12.0. The highest BCUT2D eigenvalue weighted by Crippen LogP contribution is 2.39. The van der Waals surface area contributed by atoms with Crippen LogP contribution in [0.1, 0.15) is 60.7 Å². The maximum Gasteiger partial charge on any atom is 0.356 e. The average molecular weight is 503 g/mol. The molecule has 9 nitrogen and oxygen atoms in total. The number of ether oxygens (including phenoxy) is 2. The van der Waals surface area contributed by atoms with Crippen molar-refractivity contribution in [3.8, 4) is 12.3 Å². The number of carbonyl (C=O) groups is 2. The quantitative estimate of drug-likeness (QED) is 0.372. The van der Waals surface area contributed by atoms with Gasteiger partial charge in [-0.3, -0.25) is 14.2 Å². The van der Waals surface area contributed by atoms with Crippen LogP contribution in [-0.2, 0) is 27.4 Å². The Bertz CT molecular complexity index is 1460. The molecule has 0 saturated heterocycles. The van der Waals surface area contributed by atoms with Crippen LogP contribution in [0.2, 0.25) is 0 Å². The largest absolute Gasteiger partial charge is 0.464 e. The van der Waals surface area contributed by atoms with Crippen molar-refractivity contribution in [1.29, 1.82) is 0 Å². The molecule has 1 aliphatic carbocycles. The van der Waals surface area contributed by atoms with Gasteiger partial charge in [-0.1, -0.05) is 5.92 Å². The van der Waals surface area contributed by atoms with Gasteiger partial charge in [0.25, 0.3) is 5.56 Å². The summed E-state index contributed by atoms with van der Waals surface area (Å²) in [6, 6.07) is 7.13. The van der Waals surface area contributed by atoms with Gasteiger partial charge in [0.05, 0.1) is 47.9 Å². The SMILES string of the molecule is C#CCN(c1ccc(C(=O)OC)nc1)C1CCc2cc3nc(C)n(COC(=O)C(C)(C)C)c(=O)c3cc21. The van der Waals surface area contributed by atoms with Gasteiger partial charge < -0.3 is 14.4 Å². The molecule has 1 aromatic carbocycles. The molecule has 0 N–H and O–H groups in total. The summed E-state index contributed by atoms with van der Waals surface area (Å²) in [4.78, 5) is 48.4. The van der Waals surface area contributed by atoms with Crippen molar-refractivity contribution in [2.24, 2.45) is 5.41 Å². The lowest BCUT2D eigenvalue weighted by molar-refractivity contribution is -0.157. The van der Waals surface area contributed by atoms with E-state index in [1.807, 2.05) is 17.0 Å². The second-order valence-electron chi connectivity index (χ2n) is 10.1. The maximum atomic E-state index is 13.4. The highest BCUT2D eigenvalue weighted by Gasteiger charge is 2.30. The van der Waals surface area contributed by atoms with Gasteiger partial charge in [-0.25, -0.2) is 14.8 Å². The molecule has 9 heteroatoms. The number of benzene rings is 1. The summed E-state index contributed by atoms with van der Waals surface area (Å²) >= 11 is 0. The molecule has 2 heterocycles. The first-order valence-electron chi connectivity index (χ1n) is 12.0. The van der Waals surface area contributed by atoms with Gasteiger partial charge >= 0.3 is 11.9 Å². The van der Waals surface area contributed by atoms with E-state index in [1.165, 1.54) is 11.7 Å². The van der Waals surface area contributed by atoms with Crippen LogP contribution in [-0.4, -0.2) is 40.1 Å². The minimum Gasteiger partial charge on any atom is -0.464 e. The van der Waals surface area contributed by atoms with Gasteiger partial charge in [-0.2, -0.15) is 0 Å². The molecule has 0 amide bonds. The number of terminal acetylenes is 1. The molecular formula is C28H30N4O5. The van der Waals surface area contributed by atoms with Crippen LogP contribution in [0, 0.1) is 24.7 Å². The standard InChI is InChI=1S/C28H30N4O5/c1-7-12-31(19-9-10-22(29-15-19)26(34)36-6)24-11-8-18-13-23-21(14-20(18)24)25(33)32(17(2)30-23)16-37-27(35)28(3,4)5/h1,9-10,13-15,24H,8,11-12,16H2,2-6H3. The van der Waals surface area contributed by atoms with Crippen LogP contribution < -0.4 is 10.5 Å². The number of fused-ring (bicyclic) bond motifs is 2. The van der Waals surface area contributed by atoms with Crippen LogP contribution in [0.15, 0.2) is 35.3 Å². The highest BCUT2D eigenvalue weighted by atomic mass is 16.5. The molecule has 4 rings (SSSR count). The van der Waals surface area contributed by atoms with Crippen LogP contribution in [0.4, 0.5) is 5.69 Å². The van der Waals surface area contributed by atoms with E-state index >= 15 is 0 Å². The molecule has 0 fully saturated rings. The van der Waals surface area contributed by atoms with E-state index in [1.54, 1.807) is 46.0 Å². The van der Waals surface area contributed by atoms with Crippen molar-refractivity contribution in [3.05, 3.63) is 63.5 Å². The fourth-order valence-corrected chi connectivity index (χ4v) is 4.49. The number of carbonyl (C=O) groups excluding carboxylic acids is 2. The third-order valence-corrected chi connectivity index (χ3v) is 6.50. The minimum absolute atomic E-state index is 0.0888. The van der Waals surface area contributed by atoms with Gasteiger partial charge in [0, 0.05) is 0 Å². The Kier molecular flexibility index (Phi) is 7.03. The van der Waals surface area contributed by atoms with Crippen molar-refractivity contribution in [3.63, 3.8) is 0 Å². The van der Waals surface area contributed by atoms with Crippen LogP contribution in [0.3, 0.4) is 0 Å². The predicted octanol–water partition coefficient (Wildman–Crippen LogP) is 3.56. The zero-order valence-corrected chi connectivity index (χ0v) is 21.7. The van der Waals surface area contributed by atoms with E-state index in [2.05, 4.69) is 15.9 Å². The Hall–Kier alpha value is -4.19. The summed E-state index contributed by atoms with van der Waals surface area (Å²) < 4.78 is 11.5. The molecule has 192 valence electrons. The van der Waals surface area contributed by atoms with Crippen LogP contribution in [0.25, 0.3) is 10.9 Å². The van der Waals surface area contributed by atoms with Gasteiger partial charge in [-0.05, 0) is 75.9 Å². The maximum absolute atomic E-state index is 13.4. The molecule has 37 heavy (non-hydrogen) atoms. The van der Waals surface area contributed by atoms with Crippen LogP contribution >= 0.6 is 0 Å². The van der Waals surface area contributed by atoms with Gasteiger partial charge in [0.2, 0.25) is 0 Å². The Morgan fingerprint density at radius 1 is 1.27 bits per heavy atom. The van der Waals surface area contributed by atoms with E-state index in [0.717, 1.165) is 29.7 Å². The number of methoxy groups -OCH3 is 1. The highest BCUT2D eigenvalue weighted by molar-refractivity contribution is 5.87. The zero-order chi connectivity index (χ0) is 26.9. The van der Waals surface area contributed by atoms with Crippen molar-refractivity contribution < 1.29 is 19.1 Å². The second-order valence-corrected chi connectivity index (χ2v) is 10.1. The first kappa shape index (κ1) is 25.9. The number of aryl methyl sites for hydroxylation is 2. The van der Waals surface area contributed by atoms with E-state index in [-0.39, 0.29) is 24.0 Å². The summed E-state index contributed by atoms with van der Waals surface area (Å²) in [6.07, 6.45) is 8.90. The number of rotatable bonds is 6. The Labute approximate surface area is 215 Å². The lowest BCUT2D eigenvalue weighted by Gasteiger charge is -2.30. The third-order valence-electron chi connectivity index (χ3n) is 6.50. The topological polar surface area (TPSA) is 104 Å². The monoisotopic (exact) mass is 502 g/mol. The summed E-state index contributed by atoms with van der Waals surface area (Å²) in [5.74, 6) is 2.27. The van der Waals surface area contributed by atoms with E-state index in [0.29, 0.717) is 23.3 Å². The predicted molar refractivity (Wildman–Crippen MR) is 139 cm³/mol. The van der Waals surface area contributed by atoms with Crippen LogP contribution in [0.5, 0.6) is 0 Å². The lowest BCUT2D eigenvalue weighted by Crippen LogP contribution is -2.30. The fourth-order valence-electron chi connectivity index (χ4n) is 4.49. The molecule has 0 spiro atoms. The summed E-state index contributed by atoms with van der Waals surface area (Å²) in [6.45, 7) is 7.11. The molecule has 0 bridgehead atoms. The lowest BCUT2D eigenvalue weighted by atomic mass is 9.98. The molecular weight excluding hydrogens is 472 g/mol. The number of nitrogens with zero attached hydrogens (tertiary/aromatic N) is 4. The van der Waals surface area contributed by atoms with Crippen molar-refractivity contribution in [2.75, 3.05) is 18.6 Å². The molecule has 1 atom stereocenters. The van der Waals surface area contributed by atoms with Crippen molar-refractivity contribution >= 4 is 28.5 Å². The molecule has 1 aliphatic rings. The van der Waals surface area contributed by atoms with E-state index in [9.17, 15) is 14.4 Å². The molecule has 0 saturated carbocycles. The fraction of sp³-hybridized carbons (Fsp3) is 0.393. The number of hydrogen-bond acceptors (Lipinski definition) is 8. The number of esters is 2. The van der Waals surface area contributed by atoms with Gasteiger partial charge in [-0.15, -0.1) is 6.42 Å². The van der Waals surface area contributed by atoms with E-state index < -0.39 is 17.4 Å². The first-order chi connectivity index (χ1) is 17.5. The third kappa shape index (κ3) is 5.05. The average Bonchev–Trinajstić information content (AvgIpc) is 3.27. The smallest absolute Gasteiger partial charge is 0.356 e. The second kappa shape index (κ2) is 10.1. The number of anilines is 1. The molecule has 0 aliphatic heterocycles. The Morgan fingerprint density at radius 3 is 2.65 bits per heavy atom. The Balaban J connectivity index is 1.72. The molecule has 2 aromatic heterocycles. The molecule has 1 unspecified atom stereocenters. The Morgan fingerprint density at radius 2 is 2.03 bits per heavy atom.